The Labute approximate surface area is 230 Å². The SMILES string of the molecule is CO.Cc1c(-c2cc(C(=O)[O-])c3c(OCc4ccccc4)ccc(C)c3n2)sc2ccccc12.[Na+]. The van der Waals surface area contributed by atoms with Crippen LogP contribution in [0.15, 0.2) is 72.8 Å². The van der Waals surface area contributed by atoms with Crippen LogP contribution in [0.2, 0.25) is 0 Å². The van der Waals surface area contributed by atoms with Gasteiger partial charge in [-0.05, 0) is 54.1 Å². The number of thiophene rings is 1. The summed E-state index contributed by atoms with van der Waals surface area (Å²) >= 11 is 1.62. The van der Waals surface area contributed by atoms with E-state index in [1.54, 1.807) is 23.5 Å². The first-order valence-corrected chi connectivity index (χ1v) is 11.6. The number of hydrogen-bond acceptors (Lipinski definition) is 6. The van der Waals surface area contributed by atoms with E-state index in [0.717, 1.165) is 38.8 Å². The topological polar surface area (TPSA) is 82.5 Å². The number of nitrogens with zero attached hydrogens (tertiary/aromatic N) is 1. The van der Waals surface area contributed by atoms with Crippen LogP contribution in [0.1, 0.15) is 27.0 Å². The molecule has 0 unspecified atom stereocenters. The number of aliphatic hydroxyl groups excluding tert-OH is 1. The van der Waals surface area contributed by atoms with Crippen molar-refractivity contribution in [2.75, 3.05) is 7.11 Å². The number of aromatic nitrogens is 1. The largest absolute Gasteiger partial charge is 1.00 e. The van der Waals surface area contributed by atoms with Crippen LogP contribution < -0.4 is 39.4 Å². The fourth-order valence-corrected chi connectivity index (χ4v) is 5.16. The monoisotopic (exact) mass is 493 g/mol. The Hall–Kier alpha value is -2.74. The van der Waals surface area contributed by atoms with Gasteiger partial charge in [-0.3, -0.25) is 0 Å². The van der Waals surface area contributed by atoms with Gasteiger partial charge in [0.15, 0.2) is 0 Å². The molecule has 35 heavy (non-hydrogen) atoms. The van der Waals surface area contributed by atoms with Crippen LogP contribution in [-0.2, 0) is 6.61 Å². The van der Waals surface area contributed by atoms with Crippen LogP contribution in [0, 0.1) is 13.8 Å². The van der Waals surface area contributed by atoms with Crippen LogP contribution in [-0.4, -0.2) is 23.2 Å². The molecule has 2 aromatic heterocycles. The molecule has 5 nitrogen and oxygen atoms in total. The number of aryl methyl sites for hydroxylation is 2. The first-order valence-electron chi connectivity index (χ1n) is 10.8. The van der Waals surface area contributed by atoms with Gasteiger partial charge in [-0.2, -0.15) is 0 Å². The zero-order valence-electron chi connectivity index (χ0n) is 20.2. The molecule has 0 bridgehead atoms. The first-order chi connectivity index (χ1) is 16.5. The third-order valence-corrected chi connectivity index (χ3v) is 6.95. The fraction of sp³-hybridized carbons (Fsp3) is 0.143. The minimum Gasteiger partial charge on any atom is -0.545 e. The molecule has 172 valence electrons. The predicted octanol–water partition coefficient (Wildman–Crippen LogP) is 2.29. The molecule has 0 aliphatic heterocycles. The van der Waals surface area contributed by atoms with Gasteiger partial charge in [0, 0.05) is 17.4 Å². The number of rotatable bonds is 5. The number of carbonyl (C=O) groups excluding carboxylic acids is 1. The average Bonchev–Trinajstić information content (AvgIpc) is 3.21. The standard InChI is InChI=1S/C27H21NO3S.CH4O.Na/c1-16-12-13-22(31-15-18-8-4-3-5-9-18)24-20(27(29)30)14-21(28-25(16)24)26-17(2)19-10-6-7-11-23(19)32-26;1-2;/h3-14H,15H2,1-2H3,(H,29,30);2H,1H3;/q;;+1/p-1. The Balaban J connectivity index is 0.00000111. The van der Waals surface area contributed by atoms with E-state index in [4.69, 9.17) is 14.8 Å². The zero-order valence-corrected chi connectivity index (χ0v) is 23.0. The van der Waals surface area contributed by atoms with E-state index in [1.165, 1.54) is 0 Å². The molecule has 5 aromatic rings. The molecule has 0 aliphatic rings. The van der Waals surface area contributed by atoms with Gasteiger partial charge in [0.2, 0.25) is 0 Å². The second-order valence-electron chi connectivity index (χ2n) is 7.77. The smallest absolute Gasteiger partial charge is 0.545 e. The molecule has 0 fully saturated rings. The van der Waals surface area contributed by atoms with Gasteiger partial charge < -0.3 is 19.7 Å². The summed E-state index contributed by atoms with van der Waals surface area (Å²) in [7, 11) is 1.00. The molecule has 0 saturated heterocycles. The summed E-state index contributed by atoms with van der Waals surface area (Å²) in [5, 5.41) is 20.8. The second kappa shape index (κ2) is 11.8. The number of hydrogen-bond donors (Lipinski definition) is 1. The van der Waals surface area contributed by atoms with Gasteiger partial charge >= 0.3 is 29.6 Å². The molecule has 1 N–H and O–H groups in total. The van der Waals surface area contributed by atoms with Crippen molar-refractivity contribution in [1.82, 2.24) is 4.98 Å². The van der Waals surface area contributed by atoms with Crippen LogP contribution in [0.25, 0.3) is 31.6 Å². The molecular weight excluding hydrogens is 469 g/mol. The number of ether oxygens (including phenoxy) is 1. The minimum absolute atomic E-state index is 0. The van der Waals surface area contributed by atoms with E-state index in [9.17, 15) is 9.90 Å². The number of aliphatic hydroxyl groups is 1. The van der Waals surface area contributed by atoms with Crippen LogP contribution in [0.3, 0.4) is 0 Å². The van der Waals surface area contributed by atoms with Gasteiger partial charge in [-0.25, -0.2) is 4.98 Å². The van der Waals surface area contributed by atoms with Crippen molar-refractivity contribution in [3.63, 3.8) is 0 Å². The van der Waals surface area contributed by atoms with E-state index >= 15 is 0 Å². The molecule has 0 radical (unpaired) electrons. The van der Waals surface area contributed by atoms with Crippen LogP contribution in [0.5, 0.6) is 5.75 Å². The quantitative estimate of drug-likeness (QED) is 0.380. The van der Waals surface area contributed by atoms with Crippen molar-refractivity contribution in [2.45, 2.75) is 20.5 Å². The van der Waals surface area contributed by atoms with E-state index in [1.807, 2.05) is 62.4 Å². The minimum atomic E-state index is -1.24. The number of carboxylic acid groups (broad SMARTS) is 1. The molecule has 7 heteroatoms. The number of carbonyl (C=O) groups is 1. The number of carboxylic acids is 1. The number of benzene rings is 3. The Morgan fingerprint density at radius 3 is 2.37 bits per heavy atom. The van der Waals surface area contributed by atoms with Gasteiger partial charge in [0.25, 0.3) is 0 Å². The van der Waals surface area contributed by atoms with Crippen LogP contribution >= 0.6 is 11.3 Å². The number of aromatic carboxylic acids is 1. The summed E-state index contributed by atoms with van der Waals surface area (Å²) in [6, 6.07) is 23.3. The first kappa shape index (κ1) is 26.9. The van der Waals surface area contributed by atoms with Gasteiger partial charge in [0.05, 0.1) is 27.4 Å². The van der Waals surface area contributed by atoms with E-state index < -0.39 is 5.97 Å². The summed E-state index contributed by atoms with van der Waals surface area (Å²) in [5.41, 5.74) is 4.32. The normalized spacial score (nSPS) is 10.4. The molecule has 0 spiro atoms. The summed E-state index contributed by atoms with van der Waals surface area (Å²) < 4.78 is 7.19. The Kier molecular flexibility index (Phi) is 9.05. The van der Waals surface area contributed by atoms with Gasteiger partial charge in [-0.15, -0.1) is 11.3 Å². The van der Waals surface area contributed by atoms with Crippen molar-refractivity contribution in [1.29, 1.82) is 0 Å². The summed E-state index contributed by atoms with van der Waals surface area (Å²) in [6.45, 7) is 4.31. The van der Waals surface area contributed by atoms with E-state index in [-0.39, 0.29) is 35.1 Å². The maximum atomic E-state index is 12.2. The Bertz CT molecular complexity index is 1480. The molecule has 3 aromatic carbocycles. The molecular formula is C28H24NNaO4S. The average molecular weight is 494 g/mol. The summed E-state index contributed by atoms with van der Waals surface area (Å²) in [6.07, 6.45) is 0. The molecule has 0 atom stereocenters. The fourth-order valence-electron chi connectivity index (χ4n) is 3.99. The van der Waals surface area contributed by atoms with E-state index in [2.05, 4.69) is 12.1 Å². The third-order valence-electron chi connectivity index (χ3n) is 5.66. The Morgan fingerprint density at radius 1 is 1.00 bits per heavy atom. The van der Waals surface area contributed by atoms with Gasteiger partial charge in [-0.1, -0.05) is 54.6 Å². The molecule has 2 heterocycles. The van der Waals surface area contributed by atoms with Crippen molar-refractivity contribution in [3.8, 4) is 16.3 Å². The number of fused-ring (bicyclic) bond motifs is 2. The molecule has 0 saturated carbocycles. The van der Waals surface area contributed by atoms with Crippen molar-refractivity contribution >= 4 is 38.3 Å². The third kappa shape index (κ3) is 5.42. The van der Waals surface area contributed by atoms with E-state index in [0.29, 0.717) is 29.0 Å². The number of pyridine rings is 1. The molecule has 5 rings (SSSR count). The zero-order chi connectivity index (χ0) is 24.2. The summed E-state index contributed by atoms with van der Waals surface area (Å²) in [4.78, 5) is 18.1. The molecule has 0 amide bonds. The van der Waals surface area contributed by atoms with Crippen molar-refractivity contribution in [2.24, 2.45) is 0 Å². The van der Waals surface area contributed by atoms with Gasteiger partial charge in [0.1, 0.15) is 12.4 Å². The summed E-state index contributed by atoms with van der Waals surface area (Å²) in [5.74, 6) is -0.756. The Morgan fingerprint density at radius 2 is 1.69 bits per heavy atom. The maximum absolute atomic E-state index is 12.2. The van der Waals surface area contributed by atoms with Crippen LogP contribution in [0.4, 0.5) is 0 Å². The van der Waals surface area contributed by atoms with Crippen molar-refractivity contribution in [3.05, 3.63) is 95.1 Å². The molecule has 0 aliphatic carbocycles. The second-order valence-corrected chi connectivity index (χ2v) is 8.83. The predicted molar refractivity (Wildman–Crippen MR) is 135 cm³/mol. The van der Waals surface area contributed by atoms with Crippen molar-refractivity contribution < 1.29 is 49.3 Å². The maximum Gasteiger partial charge on any atom is 1.00 e.